The van der Waals surface area contributed by atoms with E-state index in [2.05, 4.69) is 6.58 Å². The highest BCUT2D eigenvalue weighted by molar-refractivity contribution is 5.54. The molecule has 0 amide bonds. The topological polar surface area (TPSA) is 37.3 Å². The average Bonchev–Trinajstić information content (AvgIpc) is 2.09. The van der Waals surface area contributed by atoms with Gasteiger partial charge in [0, 0.05) is 5.92 Å². The van der Waals surface area contributed by atoms with Crippen molar-refractivity contribution in [3.8, 4) is 0 Å². The Balaban J connectivity index is 2.68. The number of hydrogen-bond donors (Lipinski definition) is 1. The highest BCUT2D eigenvalue weighted by Crippen LogP contribution is 2.35. The van der Waals surface area contributed by atoms with Gasteiger partial charge in [-0.2, -0.15) is 0 Å². The maximum Gasteiger partial charge on any atom is 0.123 e. The predicted molar refractivity (Wildman–Crippen MR) is 52.3 cm³/mol. The number of carbonyl (C=O) groups excluding carboxylic acids is 1. The molecule has 1 N–H and O–H groups in total. The molecule has 0 saturated heterocycles. The van der Waals surface area contributed by atoms with Crippen LogP contribution in [0.25, 0.3) is 0 Å². The molecule has 1 saturated carbocycles. The fraction of sp³-hybridized carbons (Fsp3) is 0.727. The second kappa shape index (κ2) is 4.05. The molecule has 13 heavy (non-hydrogen) atoms. The zero-order valence-corrected chi connectivity index (χ0v) is 8.36. The number of rotatable bonds is 2. The SMILES string of the molecule is C=C(C)[C@H]1CC(C=O)C(C)[C@@H](O)C1. The van der Waals surface area contributed by atoms with E-state index in [-0.39, 0.29) is 17.9 Å². The Morgan fingerprint density at radius 1 is 1.54 bits per heavy atom. The Morgan fingerprint density at radius 3 is 2.62 bits per heavy atom. The Morgan fingerprint density at radius 2 is 2.15 bits per heavy atom. The van der Waals surface area contributed by atoms with Crippen molar-refractivity contribution in [2.45, 2.75) is 32.8 Å². The van der Waals surface area contributed by atoms with Crippen LogP contribution in [0.3, 0.4) is 0 Å². The van der Waals surface area contributed by atoms with Crippen LogP contribution >= 0.6 is 0 Å². The van der Waals surface area contributed by atoms with Crippen LogP contribution in [0.4, 0.5) is 0 Å². The second-order valence-corrected chi connectivity index (χ2v) is 4.24. The quantitative estimate of drug-likeness (QED) is 0.522. The molecule has 0 aliphatic heterocycles. The molecule has 0 bridgehead atoms. The van der Waals surface area contributed by atoms with Crippen molar-refractivity contribution in [2.75, 3.05) is 0 Å². The fourth-order valence-electron chi connectivity index (χ4n) is 2.01. The summed E-state index contributed by atoms with van der Waals surface area (Å²) in [5, 5.41) is 9.70. The van der Waals surface area contributed by atoms with Crippen molar-refractivity contribution >= 4 is 6.29 Å². The van der Waals surface area contributed by atoms with Crippen molar-refractivity contribution < 1.29 is 9.90 Å². The summed E-state index contributed by atoms with van der Waals surface area (Å²) < 4.78 is 0. The van der Waals surface area contributed by atoms with Crippen LogP contribution in [0.1, 0.15) is 26.7 Å². The third kappa shape index (κ3) is 2.19. The summed E-state index contributed by atoms with van der Waals surface area (Å²) >= 11 is 0. The molecule has 1 aliphatic rings. The highest BCUT2D eigenvalue weighted by Gasteiger charge is 2.33. The van der Waals surface area contributed by atoms with Crippen molar-refractivity contribution in [1.29, 1.82) is 0 Å². The van der Waals surface area contributed by atoms with E-state index in [4.69, 9.17) is 0 Å². The van der Waals surface area contributed by atoms with Crippen LogP contribution < -0.4 is 0 Å². The summed E-state index contributed by atoms with van der Waals surface area (Å²) in [4.78, 5) is 10.7. The molecule has 1 rings (SSSR count). The third-order valence-corrected chi connectivity index (χ3v) is 3.24. The number of aldehydes is 1. The van der Waals surface area contributed by atoms with Crippen molar-refractivity contribution in [2.24, 2.45) is 17.8 Å². The standard InChI is InChI=1S/C11H18O2/c1-7(2)9-4-10(6-12)8(3)11(13)5-9/h6,8-11,13H,1,4-5H2,2-3H3/t8?,9-,10?,11-/m0/s1. The first-order valence-corrected chi connectivity index (χ1v) is 4.85. The first-order valence-electron chi connectivity index (χ1n) is 4.85. The first-order chi connectivity index (χ1) is 6.06. The van der Waals surface area contributed by atoms with Crippen molar-refractivity contribution in [3.63, 3.8) is 0 Å². The molecule has 0 aromatic carbocycles. The maximum absolute atomic E-state index is 10.7. The molecule has 74 valence electrons. The molecule has 0 aromatic heterocycles. The molecule has 2 unspecified atom stereocenters. The normalized spacial score (nSPS) is 39.9. The van der Waals surface area contributed by atoms with Gasteiger partial charge in [0.25, 0.3) is 0 Å². The van der Waals surface area contributed by atoms with Gasteiger partial charge >= 0.3 is 0 Å². The van der Waals surface area contributed by atoms with Gasteiger partial charge in [-0.25, -0.2) is 0 Å². The van der Waals surface area contributed by atoms with E-state index in [0.717, 1.165) is 24.7 Å². The first kappa shape index (κ1) is 10.5. The zero-order chi connectivity index (χ0) is 10.0. The van der Waals surface area contributed by atoms with E-state index < -0.39 is 0 Å². The number of carbonyl (C=O) groups is 1. The largest absolute Gasteiger partial charge is 0.393 e. The van der Waals surface area contributed by atoms with Crippen LogP contribution in [0, 0.1) is 17.8 Å². The maximum atomic E-state index is 10.7. The molecular formula is C11H18O2. The minimum atomic E-state index is -0.342. The molecular weight excluding hydrogens is 164 g/mol. The molecule has 1 aliphatic carbocycles. The van der Waals surface area contributed by atoms with Gasteiger partial charge in [0.05, 0.1) is 6.10 Å². The van der Waals surface area contributed by atoms with Crippen molar-refractivity contribution in [3.05, 3.63) is 12.2 Å². The van der Waals surface area contributed by atoms with Gasteiger partial charge < -0.3 is 9.90 Å². The van der Waals surface area contributed by atoms with E-state index in [1.807, 2.05) is 13.8 Å². The Kier molecular flexibility index (Phi) is 3.26. The average molecular weight is 182 g/mol. The van der Waals surface area contributed by atoms with Crippen LogP contribution in [0.15, 0.2) is 12.2 Å². The fourth-order valence-corrected chi connectivity index (χ4v) is 2.01. The number of allylic oxidation sites excluding steroid dienone is 1. The summed E-state index contributed by atoms with van der Waals surface area (Å²) in [5.74, 6) is 0.431. The molecule has 2 heteroatoms. The predicted octanol–water partition coefficient (Wildman–Crippen LogP) is 1.78. The molecule has 0 radical (unpaired) electrons. The Labute approximate surface area is 79.6 Å². The molecule has 0 heterocycles. The van der Waals surface area contributed by atoms with Gasteiger partial charge in [-0.1, -0.05) is 19.1 Å². The summed E-state index contributed by atoms with van der Waals surface area (Å²) in [6.07, 6.45) is 2.26. The van der Waals surface area contributed by atoms with Crippen LogP contribution in [0.5, 0.6) is 0 Å². The summed E-state index contributed by atoms with van der Waals surface area (Å²) in [6.45, 7) is 7.79. The van der Waals surface area contributed by atoms with Crippen LogP contribution in [0.2, 0.25) is 0 Å². The van der Waals surface area contributed by atoms with Crippen LogP contribution in [-0.4, -0.2) is 17.5 Å². The van der Waals surface area contributed by atoms with Gasteiger partial charge in [0.1, 0.15) is 6.29 Å². The Bertz CT molecular complexity index is 210. The van der Waals surface area contributed by atoms with Gasteiger partial charge in [0.2, 0.25) is 0 Å². The van der Waals surface area contributed by atoms with E-state index in [1.54, 1.807) is 0 Å². The molecule has 0 aromatic rings. The Hall–Kier alpha value is -0.630. The number of aliphatic hydroxyl groups excluding tert-OH is 1. The van der Waals surface area contributed by atoms with E-state index in [0.29, 0.717) is 5.92 Å². The second-order valence-electron chi connectivity index (χ2n) is 4.24. The minimum Gasteiger partial charge on any atom is -0.393 e. The summed E-state index contributed by atoms with van der Waals surface area (Å²) in [7, 11) is 0. The lowest BCUT2D eigenvalue weighted by Crippen LogP contribution is -2.35. The lowest BCUT2D eigenvalue weighted by molar-refractivity contribution is -0.116. The summed E-state index contributed by atoms with van der Waals surface area (Å²) in [5.41, 5.74) is 1.08. The number of hydrogen-bond acceptors (Lipinski definition) is 2. The van der Waals surface area contributed by atoms with E-state index in [1.165, 1.54) is 0 Å². The van der Waals surface area contributed by atoms with Gasteiger partial charge in [0.15, 0.2) is 0 Å². The third-order valence-electron chi connectivity index (χ3n) is 3.24. The lowest BCUT2D eigenvalue weighted by atomic mass is 9.72. The molecule has 4 atom stereocenters. The van der Waals surface area contributed by atoms with Gasteiger partial charge in [-0.3, -0.25) is 0 Å². The number of aliphatic hydroxyl groups is 1. The van der Waals surface area contributed by atoms with E-state index in [9.17, 15) is 9.90 Å². The minimum absolute atomic E-state index is 0.00505. The lowest BCUT2D eigenvalue weighted by Gasteiger charge is -2.35. The van der Waals surface area contributed by atoms with Crippen molar-refractivity contribution in [1.82, 2.24) is 0 Å². The molecule has 0 spiro atoms. The van der Waals surface area contributed by atoms with Gasteiger partial charge in [-0.15, -0.1) is 0 Å². The van der Waals surface area contributed by atoms with Gasteiger partial charge in [-0.05, 0) is 31.6 Å². The van der Waals surface area contributed by atoms with E-state index >= 15 is 0 Å². The monoisotopic (exact) mass is 182 g/mol. The highest BCUT2D eigenvalue weighted by atomic mass is 16.3. The smallest absolute Gasteiger partial charge is 0.123 e. The molecule has 1 fully saturated rings. The molecule has 2 nitrogen and oxygen atoms in total. The van der Waals surface area contributed by atoms with Crippen LogP contribution in [-0.2, 0) is 4.79 Å². The zero-order valence-electron chi connectivity index (χ0n) is 8.36. The summed E-state index contributed by atoms with van der Waals surface area (Å²) in [6, 6.07) is 0.